The smallest absolute Gasteiger partial charge is 0.123 e. The predicted octanol–water partition coefficient (Wildman–Crippen LogP) is 4.10. The average Bonchev–Trinajstić information content (AvgIpc) is 2.44. The molecule has 0 saturated heterocycles. The van der Waals surface area contributed by atoms with Gasteiger partial charge in [0.1, 0.15) is 5.82 Å². The van der Waals surface area contributed by atoms with E-state index in [1.54, 1.807) is 6.07 Å². The summed E-state index contributed by atoms with van der Waals surface area (Å²) in [6, 6.07) is 5.06. The Morgan fingerprint density at radius 2 is 1.75 bits per heavy atom. The van der Waals surface area contributed by atoms with Crippen molar-refractivity contribution >= 4 is 0 Å². The van der Waals surface area contributed by atoms with Crippen molar-refractivity contribution in [2.24, 2.45) is 23.6 Å². The van der Waals surface area contributed by atoms with Gasteiger partial charge < -0.3 is 0 Å². The van der Waals surface area contributed by atoms with Crippen LogP contribution in [0, 0.1) is 30.5 Å². The number of halogens is 1. The van der Waals surface area contributed by atoms with Gasteiger partial charge in [0.15, 0.2) is 0 Å². The summed E-state index contributed by atoms with van der Waals surface area (Å²) in [5.74, 6) is 7.70. The molecule has 1 aromatic rings. The second kappa shape index (κ2) is 6.68. The molecule has 112 valence electrons. The van der Waals surface area contributed by atoms with Gasteiger partial charge in [0.05, 0.1) is 0 Å². The molecule has 0 aliphatic heterocycles. The van der Waals surface area contributed by atoms with Crippen LogP contribution < -0.4 is 11.3 Å². The van der Waals surface area contributed by atoms with E-state index in [9.17, 15) is 4.39 Å². The lowest BCUT2D eigenvalue weighted by Crippen LogP contribution is -2.36. The topological polar surface area (TPSA) is 38.0 Å². The third kappa shape index (κ3) is 3.39. The number of rotatable bonds is 4. The van der Waals surface area contributed by atoms with Crippen molar-refractivity contribution in [3.05, 3.63) is 35.1 Å². The molecule has 20 heavy (non-hydrogen) atoms. The highest BCUT2D eigenvalue weighted by Crippen LogP contribution is 2.39. The van der Waals surface area contributed by atoms with E-state index in [-0.39, 0.29) is 11.9 Å². The van der Waals surface area contributed by atoms with Crippen LogP contribution in [0.3, 0.4) is 0 Å². The van der Waals surface area contributed by atoms with Crippen molar-refractivity contribution in [2.75, 3.05) is 0 Å². The second-order valence-electron chi connectivity index (χ2n) is 6.56. The van der Waals surface area contributed by atoms with E-state index in [1.165, 1.54) is 31.7 Å². The fraction of sp³-hybridized carbons (Fsp3) is 0.647. The summed E-state index contributed by atoms with van der Waals surface area (Å²) in [7, 11) is 0. The summed E-state index contributed by atoms with van der Waals surface area (Å²) in [5, 5.41) is 0. The number of nitrogens with one attached hydrogen (secondary N) is 1. The molecule has 0 spiro atoms. The predicted molar refractivity (Wildman–Crippen MR) is 81.5 cm³/mol. The van der Waals surface area contributed by atoms with Crippen molar-refractivity contribution in [1.82, 2.24) is 5.43 Å². The Hall–Kier alpha value is -0.930. The molecule has 1 saturated carbocycles. The molecule has 1 fully saturated rings. The molecule has 2 nitrogen and oxygen atoms in total. The first-order valence-electron chi connectivity index (χ1n) is 7.75. The third-order valence-electron chi connectivity index (χ3n) is 4.99. The Morgan fingerprint density at radius 3 is 2.30 bits per heavy atom. The standard InChI is InChI=1S/C17H27FN2/c1-11(2)13-5-7-14(8-6-13)17(20-19)16-10-15(18)9-4-12(16)3/h4,9-11,13-14,17,20H,5-8,19H2,1-3H3. The van der Waals surface area contributed by atoms with Crippen LogP contribution in [0.25, 0.3) is 0 Å². The molecular weight excluding hydrogens is 251 g/mol. The molecule has 1 aliphatic rings. The molecular formula is C17H27FN2. The highest BCUT2D eigenvalue weighted by atomic mass is 19.1. The molecule has 0 radical (unpaired) electrons. The van der Waals surface area contributed by atoms with Crippen molar-refractivity contribution < 1.29 is 4.39 Å². The Morgan fingerprint density at radius 1 is 1.15 bits per heavy atom. The summed E-state index contributed by atoms with van der Waals surface area (Å²) < 4.78 is 13.5. The normalized spacial score (nSPS) is 24.9. The van der Waals surface area contributed by atoms with Crippen LogP contribution in [0.15, 0.2) is 18.2 Å². The van der Waals surface area contributed by atoms with Crippen LogP contribution >= 0.6 is 0 Å². The fourth-order valence-corrected chi connectivity index (χ4v) is 3.57. The lowest BCUT2D eigenvalue weighted by molar-refractivity contribution is 0.189. The maximum Gasteiger partial charge on any atom is 0.123 e. The Bertz CT molecular complexity index is 437. The van der Waals surface area contributed by atoms with E-state index in [4.69, 9.17) is 5.84 Å². The number of benzene rings is 1. The minimum atomic E-state index is -0.179. The molecule has 1 aromatic carbocycles. The third-order valence-corrected chi connectivity index (χ3v) is 4.99. The molecule has 3 heteroatoms. The Balaban J connectivity index is 2.11. The molecule has 1 aliphatic carbocycles. The quantitative estimate of drug-likeness (QED) is 0.643. The minimum Gasteiger partial charge on any atom is -0.271 e. The van der Waals surface area contributed by atoms with Crippen molar-refractivity contribution in [1.29, 1.82) is 0 Å². The lowest BCUT2D eigenvalue weighted by Gasteiger charge is -2.35. The number of aryl methyl sites for hydroxylation is 1. The first kappa shape index (κ1) is 15.5. The monoisotopic (exact) mass is 278 g/mol. The summed E-state index contributed by atoms with van der Waals surface area (Å²) in [6.45, 7) is 6.64. The zero-order valence-electron chi connectivity index (χ0n) is 12.8. The van der Waals surface area contributed by atoms with Gasteiger partial charge in [-0.15, -0.1) is 0 Å². The van der Waals surface area contributed by atoms with Crippen molar-refractivity contribution in [2.45, 2.75) is 52.5 Å². The summed E-state index contributed by atoms with van der Waals surface area (Å²) in [4.78, 5) is 0. The van der Waals surface area contributed by atoms with Crippen LogP contribution in [-0.4, -0.2) is 0 Å². The van der Waals surface area contributed by atoms with E-state index in [2.05, 4.69) is 19.3 Å². The van der Waals surface area contributed by atoms with Crippen LogP contribution in [-0.2, 0) is 0 Å². The number of nitrogens with two attached hydrogens (primary N) is 1. The number of hydrogen-bond acceptors (Lipinski definition) is 2. The van der Waals surface area contributed by atoms with Crippen molar-refractivity contribution in [3.63, 3.8) is 0 Å². The van der Waals surface area contributed by atoms with Crippen LogP contribution in [0.4, 0.5) is 4.39 Å². The minimum absolute atomic E-state index is 0.0683. The fourth-order valence-electron chi connectivity index (χ4n) is 3.57. The van der Waals surface area contributed by atoms with Crippen LogP contribution in [0.2, 0.25) is 0 Å². The van der Waals surface area contributed by atoms with E-state index in [0.717, 1.165) is 23.0 Å². The van der Waals surface area contributed by atoms with Gasteiger partial charge >= 0.3 is 0 Å². The highest BCUT2D eigenvalue weighted by molar-refractivity contribution is 5.30. The maximum absolute atomic E-state index is 13.5. The first-order chi connectivity index (χ1) is 9.52. The van der Waals surface area contributed by atoms with Gasteiger partial charge in [0.25, 0.3) is 0 Å². The van der Waals surface area contributed by atoms with E-state index < -0.39 is 0 Å². The van der Waals surface area contributed by atoms with Gasteiger partial charge in [-0.1, -0.05) is 19.9 Å². The number of hydrogen-bond donors (Lipinski definition) is 2. The van der Waals surface area contributed by atoms with Gasteiger partial charge in [0, 0.05) is 6.04 Å². The van der Waals surface area contributed by atoms with Gasteiger partial charge in [0.2, 0.25) is 0 Å². The SMILES string of the molecule is Cc1ccc(F)cc1C(NN)C1CCC(C(C)C)CC1. The maximum atomic E-state index is 13.5. The largest absolute Gasteiger partial charge is 0.271 e. The molecule has 0 bridgehead atoms. The van der Waals surface area contributed by atoms with Gasteiger partial charge in [-0.3, -0.25) is 11.3 Å². The zero-order valence-corrected chi connectivity index (χ0v) is 12.8. The van der Waals surface area contributed by atoms with Crippen LogP contribution in [0.5, 0.6) is 0 Å². The first-order valence-corrected chi connectivity index (χ1v) is 7.75. The van der Waals surface area contributed by atoms with Crippen molar-refractivity contribution in [3.8, 4) is 0 Å². The van der Waals surface area contributed by atoms with E-state index in [1.807, 2.05) is 13.0 Å². The molecule has 0 aromatic heterocycles. The summed E-state index contributed by atoms with van der Waals surface area (Å²) in [6.07, 6.45) is 4.87. The second-order valence-corrected chi connectivity index (χ2v) is 6.56. The average molecular weight is 278 g/mol. The van der Waals surface area contributed by atoms with Gasteiger partial charge in [-0.25, -0.2) is 4.39 Å². The lowest BCUT2D eigenvalue weighted by atomic mass is 9.73. The molecule has 0 amide bonds. The highest BCUT2D eigenvalue weighted by Gasteiger charge is 2.29. The van der Waals surface area contributed by atoms with Gasteiger partial charge in [-0.05, 0) is 73.6 Å². The molecule has 1 atom stereocenters. The summed E-state index contributed by atoms with van der Waals surface area (Å²) >= 11 is 0. The zero-order chi connectivity index (χ0) is 14.7. The molecule has 0 heterocycles. The Kier molecular flexibility index (Phi) is 5.17. The van der Waals surface area contributed by atoms with E-state index in [0.29, 0.717) is 5.92 Å². The molecule has 1 unspecified atom stereocenters. The van der Waals surface area contributed by atoms with Crippen LogP contribution in [0.1, 0.15) is 56.7 Å². The number of hydrazine groups is 1. The Labute approximate surface area is 121 Å². The molecule has 2 rings (SSSR count). The van der Waals surface area contributed by atoms with E-state index >= 15 is 0 Å². The summed E-state index contributed by atoms with van der Waals surface area (Å²) in [5.41, 5.74) is 5.06. The molecule has 3 N–H and O–H groups in total. The van der Waals surface area contributed by atoms with Gasteiger partial charge in [-0.2, -0.15) is 0 Å².